The minimum absolute atomic E-state index is 0.0664. The van der Waals surface area contributed by atoms with E-state index in [0.717, 1.165) is 74.4 Å². The molecule has 600 valence electrons. The van der Waals surface area contributed by atoms with Crippen LogP contribution in [0.5, 0.6) is 0 Å². The normalized spacial score (nSPS) is 12.3. The molecule has 0 radical (unpaired) electrons. The van der Waals surface area contributed by atoms with Crippen molar-refractivity contribution in [3.05, 3.63) is 334 Å². The highest BCUT2D eigenvalue weighted by Crippen LogP contribution is 2.35. The van der Waals surface area contributed by atoms with Crippen molar-refractivity contribution in [2.24, 2.45) is 5.73 Å². The lowest BCUT2D eigenvalue weighted by Crippen LogP contribution is -2.41. The van der Waals surface area contributed by atoms with Gasteiger partial charge in [-0.1, -0.05) is 199 Å². The number of carbonyl (C=O) groups excluding carboxylic acids is 3. The van der Waals surface area contributed by atoms with Gasteiger partial charge in [-0.15, -0.1) is 0 Å². The summed E-state index contributed by atoms with van der Waals surface area (Å²) >= 11 is 3.47. The van der Waals surface area contributed by atoms with Gasteiger partial charge < -0.3 is 43.5 Å². The molecule has 6 aromatic heterocycles. The number of aryl methyl sites for hydroxylation is 2. The first kappa shape index (κ1) is 82.8. The molecule has 6 heterocycles. The number of nitrogens with zero attached hydrogens (tertiary/aromatic N) is 11. The topological polar surface area (TPSA) is 238 Å². The third-order valence-corrected chi connectivity index (χ3v) is 21.6. The molecule has 15 aromatic rings. The van der Waals surface area contributed by atoms with E-state index in [1.807, 2.05) is 309 Å². The molecule has 15 rings (SSSR count). The number of hydrogen-bond donors (Lipinski definition) is 1. The SMILES string of the molecule is CCC(c1nc2c(oc3ccccc32)c(=O)n1Cc1ccccc1)N(CCCN(C)C)C(=O)c1ccc(Br)cc1.CCC(c1nc2c(oc3ccccc32)c(=O)n1Cc1ccccc1)N(CCCN(C)C)C(=O)c1ccc(C)cc1.CCC(c1nc2c(oc3ccccc32)c(=O)n1Cc1ccccc1)N(CCN)C(=O)c1ccc(C)cc1. The maximum atomic E-state index is 14.1. The fourth-order valence-corrected chi connectivity index (χ4v) is 15.4. The molecule has 3 amide bonds. The van der Waals surface area contributed by atoms with Gasteiger partial charge in [0.1, 0.15) is 50.8 Å². The predicted molar refractivity (Wildman–Crippen MR) is 468 cm³/mol. The molecule has 0 bridgehead atoms. The first-order valence-corrected chi connectivity index (χ1v) is 40.7. The summed E-state index contributed by atoms with van der Waals surface area (Å²) in [6, 6.07) is 73.3. The van der Waals surface area contributed by atoms with Crippen molar-refractivity contribution in [3.63, 3.8) is 0 Å². The number of amides is 3. The Morgan fingerprint density at radius 1 is 0.376 bits per heavy atom. The summed E-state index contributed by atoms with van der Waals surface area (Å²) < 4.78 is 23.9. The summed E-state index contributed by atoms with van der Waals surface area (Å²) in [5.41, 5.74) is 16.2. The Balaban J connectivity index is 0.000000153. The lowest BCUT2D eigenvalue weighted by Gasteiger charge is -2.32. The number of para-hydroxylation sites is 3. The average molecular weight is 1630 g/mol. The van der Waals surface area contributed by atoms with Gasteiger partial charge in [0.2, 0.25) is 16.7 Å². The molecule has 2 N–H and O–H groups in total. The maximum Gasteiger partial charge on any atom is 0.297 e. The zero-order valence-corrected chi connectivity index (χ0v) is 69.3. The van der Waals surface area contributed by atoms with Gasteiger partial charge in [0.15, 0.2) is 0 Å². The molecule has 3 unspecified atom stereocenters. The lowest BCUT2D eigenvalue weighted by atomic mass is 10.1. The number of aromatic nitrogens is 6. The fourth-order valence-electron chi connectivity index (χ4n) is 15.1. The summed E-state index contributed by atoms with van der Waals surface area (Å²) in [6.07, 6.45) is 3.32. The summed E-state index contributed by atoms with van der Waals surface area (Å²) in [5, 5.41) is 2.35. The molecule has 9 aromatic carbocycles. The summed E-state index contributed by atoms with van der Waals surface area (Å²) in [4.78, 5) is 109. The van der Waals surface area contributed by atoms with E-state index in [0.29, 0.717) is 126 Å². The summed E-state index contributed by atoms with van der Waals surface area (Å²) in [7, 11) is 8.10. The first-order valence-electron chi connectivity index (χ1n) is 39.9. The van der Waals surface area contributed by atoms with Crippen LogP contribution in [0.3, 0.4) is 0 Å². The van der Waals surface area contributed by atoms with Crippen molar-refractivity contribution in [2.45, 2.75) is 104 Å². The molecular formula is C95H99BrN12O9. The monoisotopic (exact) mass is 1630 g/mol. The number of furan rings is 3. The van der Waals surface area contributed by atoms with Crippen LogP contribution in [0, 0.1) is 13.8 Å². The number of benzene rings is 9. The molecule has 22 heteroatoms. The molecule has 0 aliphatic heterocycles. The average Bonchev–Trinajstić information content (AvgIpc) is 1.73. The first-order chi connectivity index (χ1) is 56.7. The van der Waals surface area contributed by atoms with Gasteiger partial charge in [0.05, 0.1) is 37.8 Å². The van der Waals surface area contributed by atoms with Gasteiger partial charge in [-0.2, -0.15) is 0 Å². The number of hydrogen-bond acceptors (Lipinski definition) is 15. The highest BCUT2D eigenvalue weighted by Gasteiger charge is 2.35. The minimum atomic E-state index is -0.466. The lowest BCUT2D eigenvalue weighted by molar-refractivity contribution is 0.0642. The third kappa shape index (κ3) is 18.7. The van der Waals surface area contributed by atoms with Crippen LogP contribution in [0.1, 0.15) is 147 Å². The Bertz CT molecular complexity index is 5890. The van der Waals surface area contributed by atoms with E-state index in [4.69, 9.17) is 33.9 Å². The number of nitrogens with two attached hydrogens (primary N) is 1. The number of fused-ring (bicyclic) bond motifs is 9. The molecule has 0 saturated carbocycles. The van der Waals surface area contributed by atoms with E-state index in [1.165, 1.54) is 0 Å². The number of carbonyl (C=O) groups is 3. The quantitative estimate of drug-likeness (QED) is 0.0480. The summed E-state index contributed by atoms with van der Waals surface area (Å²) in [6.45, 7) is 14.4. The molecule has 0 aliphatic carbocycles. The Labute approximate surface area is 688 Å². The van der Waals surface area contributed by atoms with Crippen LogP contribution < -0.4 is 22.4 Å². The van der Waals surface area contributed by atoms with Crippen molar-refractivity contribution in [1.82, 2.24) is 53.2 Å². The van der Waals surface area contributed by atoms with Crippen LogP contribution in [0.25, 0.3) is 66.2 Å². The van der Waals surface area contributed by atoms with Gasteiger partial charge in [-0.05, 0) is 189 Å². The van der Waals surface area contributed by atoms with Crippen molar-refractivity contribution >= 4 is 99.9 Å². The molecule has 0 fully saturated rings. The summed E-state index contributed by atoms with van der Waals surface area (Å²) in [5.74, 6) is 1.35. The molecule has 0 saturated heterocycles. The Kier molecular flexibility index (Phi) is 26.9. The van der Waals surface area contributed by atoms with Crippen LogP contribution in [0.15, 0.2) is 269 Å². The van der Waals surface area contributed by atoms with Gasteiger partial charge in [0, 0.05) is 63.5 Å². The largest absolute Gasteiger partial charge is 0.448 e. The standard InChI is InChI=1S/C33H36N4O3.C32H33BrN4O3.C30H30N4O3/c1-5-27(36(21-11-20-35(3)4)32(38)25-18-16-23(2)17-19-25)31-34-29-26-14-9-10-15-28(26)40-30(29)33(39)37(31)22-24-12-7-6-8-13-24;1-4-26(36(20-10-19-35(2)3)31(38)23-15-17-24(33)18-16-23)30-34-28-25-13-8-9-14-27(25)40-29(28)32(39)37(30)21-22-11-6-5-7-12-22;1-3-24(33(18-17-31)29(35)22-15-13-20(2)14-16-22)28-32-26-23-11-7-8-12-25(23)37-27(26)30(36)34(28)19-21-9-5-4-6-10-21/h6-10,12-19,27H,5,11,20-22H2,1-4H3;5-9,11-18,26H,4,10,19-21H2,1-3H3;4-16,24H,3,17-19,31H2,1-2H3. The molecular weight excluding hydrogens is 1530 g/mol. The molecule has 3 atom stereocenters. The molecule has 0 spiro atoms. The van der Waals surface area contributed by atoms with Gasteiger partial charge in [0.25, 0.3) is 34.4 Å². The highest BCUT2D eigenvalue weighted by atomic mass is 79.9. The van der Waals surface area contributed by atoms with Crippen molar-refractivity contribution < 1.29 is 27.6 Å². The Hall–Kier alpha value is -12.2. The van der Waals surface area contributed by atoms with Crippen LogP contribution in [-0.4, -0.2) is 138 Å². The smallest absolute Gasteiger partial charge is 0.297 e. The molecule has 21 nitrogen and oxygen atoms in total. The van der Waals surface area contributed by atoms with E-state index in [2.05, 4.69) is 25.7 Å². The second kappa shape index (κ2) is 38.0. The van der Waals surface area contributed by atoms with Crippen molar-refractivity contribution in [1.29, 1.82) is 0 Å². The van der Waals surface area contributed by atoms with E-state index in [9.17, 15) is 28.8 Å². The minimum Gasteiger partial charge on any atom is -0.448 e. The van der Waals surface area contributed by atoms with E-state index < -0.39 is 18.1 Å². The van der Waals surface area contributed by atoms with E-state index in [-0.39, 0.29) is 57.7 Å². The Morgan fingerprint density at radius 2 is 0.650 bits per heavy atom. The van der Waals surface area contributed by atoms with E-state index >= 15 is 0 Å². The number of rotatable bonds is 28. The predicted octanol–water partition coefficient (Wildman–Crippen LogP) is 17.6. The third-order valence-electron chi connectivity index (χ3n) is 21.1. The molecule has 117 heavy (non-hydrogen) atoms. The van der Waals surface area contributed by atoms with Crippen molar-refractivity contribution in [3.8, 4) is 0 Å². The second-order valence-electron chi connectivity index (χ2n) is 30.0. The molecule has 0 aliphatic rings. The zero-order valence-electron chi connectivity index (χ0n) is 67.7. The zero-order chi connectivity index (χ0) is 82.4. The van der Waals surface area contributed by atoms with Crippen LogP contribution >= 0.6 is 15.9 Å². The van der Waals surface area contributed by atoms with Crippen LogP contribution in [-0.2, 0) is 19.6 Å². The van der Waals surface area contributed by atoms with E-state index in [1.54, 1.807) is 18.6 Å². The van der Waals surface area contributed by atoms with Gasteiger partial charge >= 0.3 is 0 Å². The van der Waals surface area contributed by atoms with Crippen LogP contribution in [0.4, 0.5) is 0 Å². The van der Waals surface area contributed by atoms with Crippen LogP contribution in [0.2, 0.25) is 0 Å². The maximum absolute atomic E-state index is 14.1. The Morgan fingerprint density at radius 3 is 0.932 bits per heavy atom. The van der Waals surface area contributed by atoms with Crippen molar-refractivity contribution in [2.75, 3.05) is 67.5 Å². The number of halogens is 1. The fraction of sp³-hybridized carbons (Fsp3) is 0.274. The van der Waals surface area contributed by atoms with Gasteiger partial charge in [-0.3, -0.25) is 42.5 Å². The highest BCUT2D eigenvalue weighted by molar-refractivity contribution is 9.10. The second-order valence-corrected chi connectivity index (χ2v) is 30.9. The van der Waals surface area contributed by atoms with Gasteiger partial charge in [-0.25, -0.2) is 15.0 Å².